The third-order valence-electron chi connectivity index (χ3n) is 3.74. The second-order valence-corrected chi connectivity index (χ2v) is 7.76. The number of carbonyl (C=O) groups excluding carboxylic acids is 1. The summed E-state index contributed by atoms with van der Waals surface area (Å²) in [6.45, 7) is 12.1. The van der Waals surface area contributed by atoms with Crippen LogP contribution in [0.3, 0.4) is 0 Å². The lowest BCUT2D eigenvalue weighted by atomic mass is 9.74. The predicted octanol–water partition coefficient (Wildman–Crippen LogP) is 3.80. The molecule has 0 saturated carbocycles. The van der Waals surface area contributed by atoms with E-state index in [1.54, 1.807) is 0 Å². The number of rotatable bonds is 6. The molecule has 0 fully saturated rings. The van der Waals surface area contributed by atoms with Crippen LogP contribution >= 0.6 is 0 Å². The second kappa shape index (κ2) is 7.82. The van der Waals surface area contributed by atoms with Crippen molar-refractivity contribution in [3.63, 3.8) is 0 Å². The van der Waals surface area contributed by atoms with E-state index in [1.807, 2.05) is 52.0 Å². The number of amides is 1. The molecule has 0 radical (unpaired) electrons. The van der Waals surface area contributed by atoms with Gasteiger partial charge in [-0.1, -0.05) is 43.7 Å². The summed E-state index contributed by atoms with van der Waals surface area (Å²) in [6.07, 6.45) is 0.328. The summed E-state index contributed by atoms with van der Waals surface area (Å²) >= 11 is 0. The zero-order valence-corrected chi connectivity index (χ0v) is 15.3. The van der Waals surface area contributed by atoms with Crippen LogP contribution in [0.2, 0.25) is 0 Å². The number of aliphatic hydroxyl groups excluding tert-OH is 1. The fraction of sp³-hybridized carbons (Fsp3) is 0.632. The van der Waals surface area contributed by atoms with Gasteiger partial charge in [-0.05, 0) is 45.6 Å². The van der Waals surface area contributed by atoms with Gasteiger partial charge in [0.25, 0.3) is 0 Å². The highest BCUT2D eigenvalue weighted by Crippen LogP contribution is 2.31. The van der Waals surface area contributed by atoms with Crippen molar-refractivity contribution < 1.29 is 14.6 Å². The summed E-state index contributed by atoms with van der Waals surface area (Å²) in [5, 5.41) is 12.9. The van der Waals surface area contributed by atoms with Gasteiger partial charge in [-0.25, -0.2) is 4.79 Å². The number of aliphatic hydroxyl groups is 1. The standard InChI is InChI=1S/C19H31NO3/c1-14(2)11-19(13-21,16-9-7-15(3)8-10-16)12-20-17(22)23-18(4,5)6/h7-10,14,21H,11-13H2,1-6H3,(H,20,22). The first kappa shape index (κ1) is 19.5. The maximum Gasteiger partial charge on any atom is 0.407 e. The van der Waals surface area contributed by atoms with Gasteiger partial charge in [-0.2, -0.15) is 0 Å². The van der Waals surface area contributed by atoms with E-state index in [0.29, 0.717) is 12.5 Å². The molecule has 1 amide bonds. The van der Waals surface area contributed by atoms with Gasteiger partial charge >= 0.3 is 6.09 Å². The van der Waals surface area contributed by atoms with Gasteiger partial charge in [0.15, 0.2) is 0 Å². The number of benzene rings is 1. The van der Waals surface area contributed by atoms with Crippen molar-refractivity contribution in [1.29, 1.82) is 0 Å². The molecule has 0 saturated heterocycles. The molecule has 0 aliphatic heterocycles. The lowest BCUT2D eigenvalue weighted by Gasteiger charge is -2.35. The molecular formula is C19H31NO3. The Morgan fingerprint density at radius 1 is 1.22 bits per heavy atom. The van der Waals surface area contributed by atoms with E-state index in [9.17, 15) is 9.90 Å². The molecule has 130 valence electrons. The van der Waals surface area contributed by atoms with Gasteiger partial charge < -0.3 is 15.2 Å². The zero-order chi connectivity index (χ0) is 17.7. The molecule has 1 aromatic carbocycles. The van der Waals surface area contributed by atoms with E-state index in [1.165, 1.54) is 5.56 Å². The first-order valence-corrected chi connectivity index (χ1v) is 8.23. The summed E-state index contributed by atoms with van der Waals surface area (Å²) < 4.78 is 5.31. The highest BCUT2D eigenvalue weighted by molar-refractivity contribution is 5.67. The van der Waals surface area contributed by atoms with E-state index < -0.39 is 17.1 Å². The molecule has 4 heteroatoms. The van der Waals surface area contributed by atoms with Crippen LogP contribution in [-0.2, 0) is 10.2 Å². The average molecular weight is 321 g/mol. The van der Waals surface area contributed by atoms with Crippen LogP contribution in [0, 0.1) is 12.8 Å². The van der Waals surface area contributed by atoms with Gasteiger partial charge in [-0.15, -0.1) is 0 Å². The fourth-order valence-electron chi connectivity index (χ4n) is 2.75. The molecule has 1 atom stereocenters. The van der Waals surface area contributed by atoms with Crippen molar-refractivity contribution in [1.82, 2.24) is 5.32 Å². The normalized spacial score (nSPS) is 14.4. The van der Waals surface area contributed by atoms with Crippen LogP contribution in [0.15, 0.2) is 24.3 Å². The van der Waals surface area contributed by atoms with Gasteiger partial charge in [0, 0.05) is 12.0 Å². The van der Waals surface area contributed by atoms with Gasteiger partial charge in [0.05, 0.1) is 6.61 Å². The van der Waals surface area contributed by atoms with E-state index >= 15 is 0 Å². The minimum absolute atomic E-state index is 0.0238. The van der Waals surface area contributed by atoms with E-state index in [-0.39, 0.29) is 6.61 Å². The summed E-state index contributed by atoms with van der Waals surface area (Å²) in [5.74, 6) is 0.392. The number of aryl methyl sites for hydroxylation is 1. The molecule has 0 aromatic heterocycles. The monoisotopic (exact) mass is 321 g/mol. The summed E-state index contributed by atoms with van der Waals surface area (Å²) in [5.41, 5.74) is 1.17. The quantitative estimate of drug-likeness (QED) is 0.838. The smallest absolute Gasteiger partial charge is 0.407 e. The van der Waals surface area contributed by atoms with E-state index in [4.69, 9.17) is 4.74 Å². The minimum atomic E-state index is -0.534. The highest BCUT2D eigenvalue weighted by Gasteiger charge is 2.33. The average Bonchev–Trinajstić information content (AvgIpc) is 2.42. The van der Waals surface area contributed by atoms with Gasteiger partial charge in [0.2, 0.25) is 0 Å². The first-order chi connectivity index (χ1) is 10.6. The summed E-state index contributed by atoms with van der Waals surface area (Å²) in [6, 6.07) is 8.14. The lowest BCUT2D eigenvalue weighted by Crippen LogP contribution is -2.45. The number of nitrogens with one attached hydrogen (secondary N) is 1. The number of hydrogen-bond acceptors (Lipinski definition) is 3. The Labute approximate surface area is 140 Å². The fourth-order valence-corrected chi connectivity index (χ4v) is 2.75. The molecule has 2 N–H and O–H groups in total. The molecule has 1 unspecified atom stereocenters. The molecule has 0 spiro atoms. The zero-order valence-electron chi connectivity index (χ0n) is 15.3. The third-order valence-corrected chi connectivity index (χ3v) is 3.74. The van der Waals surface area contributed by atoms with Crippen LogP contribution in [-0.4, -0.2) is 30.0 Å². The molecule has 0 bridgehead atoms. The number of ether oxygens (including phenoxy) is 1. The van der Waals surface area contributed by atoms with Crippen molar-refractivity contribution in [2.24, 2.45) is 5.92 Å². The third kappa shape index (κ3) is 6.22. The highest BCUT2D eigenvalue weighted by atomic mass is 16.6. The van der Waals surface area contributed by atoms with E-state index in [0.717, 1.165) is 12.0 Å². The first-order valence-electron chi connectivity index (χ1n) is 8.23. The van der Waals surface area contributed by atoms with Crippen molar-refractivity contribution in [3.8, 4) is 0 Å². The Kier molecular flexibility index (Phi) is 6.63. The molecule has 0 aliphatic rings. The molecule has 1 aromatic rings. The van der Waals surface area contributed by atoms with Crippen molar-refractivity contribution in [3.05, 3.63) is 35.4 Å². The van der Waals surface area contributed by atoms with Crippen molar-refractivity contribution >= 4 is 6.09 Å². The Balaban J connectivity index is 2.96. The van der Waals surface area contributed by atoms with Crippen LogP contribution < -0.4 is 5.32 Å². The molecular weight excluding hydrogens is 290 g/mol. The summed E-state index contributed by atoms with van der Waals surface area (Å²) in [4.78, 5) is 12.0. The SMILES string of the molecule is Cc1ccc(C(CO)(CNC(=O)OC(C)(C)C)CC(C)C)cc1. The lowest BCUT2D eigenvalue weighted by molar-refractivity contribution is 0.0496. The number of carbonyl (C=O) groups is 1. The number of alkyl carbamates (subject to hydrolysis) is 1. The largest absolute Gasteiger partial charge is 0.444 e. The Bertz CT molecular complexity index is 502. The predicted molar refractivity (Wildman–Crippen MR) is 93.6 cm³/mol. The Hall–Kier alpha value is -1.55. The maximum absolute atomic E-state index is 12.0. The maximum atomic E-state index is 12.0. The summed E-state index contributed by atoms with van der Waals surface area (Å²) in [7, 11) is 0. The molecule has 4 nitrogen and oxygen atoms in total. The van der Waals surface area contributed by atoms with Crippen LogP contribution in [0.4, 0.5) is 4.79 Å². The van der Waals surface area contributed by atoms with Crippen molar-refractivity contribution in [2.45, 2.75) is 59.0 Å². The molecule has 1 rings (SSSR count). The second-order valence-electron chi connectivity index (χ2n) is 7.76. The van der Waals surface area contributed by atoms with Crippen molar-refractivity contribution in [2.75, 3.05) is 13.2 Å². The van der Waals surface area contributed by atoms with Gasteiger partial charge in [-0.3, -0.25) is 0 Å². The molecule has 0 aliphatic carbocycles. The number of hydrogen-bond donors (Lipinski definition) is 2. The molecule has 23 heavy (non-hydrogen) atoms. The van der Waals surface area contributed by atoms with Crippen LogP contribution in [0.5, 0.6) is 0 Å². The molecule has 0 heterocycles. The van der Waals surface area contributed by atoms with E-state index in [2.05, 4.69) is 19.2 Å². The topological polar surface area (TPSA) is 58.6 Å². The minimum Gasteiger partial charge on any atom is -0.444 e. The van der Waals surface area contributed by atoms with Gasteiger partial charge in [0.1, 0.15) is 5.60 Å². The Morgan fingerprint density at radius 3 is 2.22 bits per heavy atom. The van der Waals surface area contributed by atoms with Crippen LogP contribution in [0.25, 0.3) is 0 Å². The van der Waals surface area contributed by atoms with Crippen LogP contribution in [0.1, 0.15) is 52.2 Å². The Morgan fingerprint density at radius 2 is 1.78 bits per heavy atom.